The van der Waals surface area contributed by atoms with Crippen LogP contribution in [-0.2, 0) is 4.79 Å². The van der Waals surface area contributed by atoms with Gasteiger partial charge in [-0.2, -0.15) is 0 Å². The highest BCUT2D eigenvalue weighted by Gasteiger charge is 2.48. The first-order valence-corrected chi connectivity index (χ1v) is 11.2. The predicted molar refractivity (Wildman–Crippen MR) is 111 cm³/mol. The Kier molecular flexibility index (Phi) is 9.18. The fourth-order valence-corrected chi connectivity index (χ4v) is 4.59. The van der Waals surface area contributed by atoms with Crippen molar-refractivity contribution in [1.82, 2.24) is 10.6 Å². The molecule has 0 bridgehead atoms. The lowest BCUT2D eigenvalue weighted by atomic mass is 9.60. The van der Waals surface area contributed by atoms with Crippen LogP contribution in [0.1, 0.15) is 97.8 Å². The lowest BCUT2D eigenvalue weighted by molar-refractivity contribution is -0.132. The topological polar surface area (TPSA) is 41.1 Å². The molecule has 26 heavy (non-hydrogen) atoms. The van der Waals surface area contributed by atoms with Crippen molar-refractivity contribution >= 4 is 5.91 Å². The van der Waals surface area contributed by atoms with Crippen LogP contribution in [0, 0.1) is 11.3 Å². The predicted octanol–water partition coefficient (Wildman–Crippen LogP) is 5.36. The Bertz CT molecular complexity index is 449. The zero-order valence-electron chi connectivity index (χ0n) is 17.5. The molecule has 1 amide bonds. The zero-order chi connectivity index (χ0) is 18.8. The van der Waals surface area contributed by atoms with Gasteiger partial charge in [0.25, 0.3) is 0 Å². The summed E-state index contributed by atoms with van der Waals surface area (Å²) in [5.74, 6) is 0.606. The minimum absolute atomic E-state index is 0.288. The Balaban J connectivity index is 1.45. The molecule has 0 aromatic carbocycles. The van der Waals surface area contributed by atoms with E-state index in [9.17, 15) is 4.79 Å². The average molecular weight is 363 g/mol. The third-order valence-electron chi connectivity index (χ3n) is 6.21. The molecule has 150 valence electrons. The average Bonchev–Trinajstić information content (AvgIpc) is 3.01. The van der Waals surface area contributed by atoms with Crippen molar-refractivity contribution in [3.05, 3.63) is 11.6 Å². The molecule has 2 aliphatic rings. The van der Waals surface area contributed by atoms with E-state index in [0.717, 1.165) is 32.4 Å². The Morgan fingerprint density at radius 3 is 2.50 bits per heavy atom. The maximum atomic E-state index is 12.3. The summed E-state index contributed by atoms with van der Waals surface area (Å²) in [5.41, 5.74) is 2.13. The van der Waals surface area contributed by atoms with Crippen LogP contribution in [0.5, 0.6) is 0 Å². The van der Waals surface area contributed by atoms with Crippen molar-refractivity contribution in [2.24, 2.45) is 11.3 Å². The maximum absolute atomic E-state index is 12.3. The third-order valence-corrected chi connectivity index (χ3v) is 6.21. The van der Waals surface area contributed by atoms with E-state index in [1.54, 1.807) is 5.57 Å². The monoisotopic (exact) mass is 362 g/mol. The van der Waals surface area contributed by atoms with Crippen LogP contribution in [0.4, 0.5) is 0 Å². The number of carbonyl (C=O) groups is 1. The highest BCUT2D eigenvalue weighted by atomic mass is 16.1. The molecule has 0 atom stereocenters. The summed E-state index contributed by atoms with van der Waals surface area (Å²) in [7, 11) is 0. The molecule has 1 spiro atoms. The van der Waals surface area contributed by atoms with Crippen LogP contribution >= 0.6 is 0 Å². The van der Waals surface area contributed by atoms with Gasteiger partial charge >= 0.3 is 0 Å². The van der Waals surface area contributed by atoms with Gasteiger partial charge in [-0.1, -0.05) is 58.1 Å². The van der Waals surface area contributed by atoms with Gasteiger partial charge in [-0.25, -0.2) is 0 Å². The van der Waals surface area contributed by atoms with Gasteiger partial charge in [0.2, 0.25) is 5.91 Å². The van der Waals surface area contributed by atoms with Crippen molar-refractivity contribution in [1.29, 1.82) is 0 Å². The second kappa shape index (κ2) is 11.1. The van der Waals surface area contributed by atoms with Crippen molar-refractivity contribution in [3.63, 3.8) is 0 Å². The van der Waals surface area contributed by atoms with Crippen molar-refractivity contribution in [2.45, 2.75) is 104 Å². The van der Waals surface area contributed by atoms with Gasteiger partial charge in [0.15, 0.2) is 0 Å². The third kappa shape index (κ3) is 7.06. The molecule has 2 rings (SSSR count). The van der Waals surface area contributed by atoms with Crippen LogP contribution in [0.3, 0.4) is 0 Å². The molecule has 2 N–H and O–H groups in total. The van der Waals surface area contributed by atoms with Crippen LogP contribution in [0.2, 0.25) is 0 Å². The van der Waals surface area contributed by atoms with Crippen LogP contribution in [0.25, 0.3) is 0 Å². The second-order valence-electron chi connectivity index (χ2n) is 9.12. The minimum atomic E-state index is 0.288. The highest BCUT2D eigenvalue weighted by Crippen LogP contribution is 2.56. The Morgan fingerprint density at radius 1 is 1.12 bits per heavy atom. The molecule has 0 unspecified atom stereocenters. The zero-order valence-corrected chi connectivity index (χ0v) is 17.5. The van der Waals surface area contributed by atoms with E-state index in [4.69, 9.17) is 0 Å². The number of unbranched alkanes of at least 4 members (excludes halogenated alkanes) is 5. The number of carbonyl (C=O) groups excluding carboxylic acids is 1. The number of nitrogens with one attached hydrogen (secondary N) is 2. The fraction of sp³-hybridized carbons (Fsp3) is 0.870. The summed E-state index contributed by atoms with van der Waals surface area (Å²) >= 11 is 0. The molecule has 1 saturated carbocycles. The van der Waals surface area contributed by atoms with Crippen LogP contribution < -0.4 is 10.6 Å². The Morgan fingerprint density at radius 2 is 1.81 bits per heavy atom. The molecule has 0 saturated heterocycles. The van der Waals surface area contributed by atoms with Crippen LogP contribution in [-0.4, -0.2) is 25.0 Å². The summed E-state index contributed by atoms with van der Waals surface area (Å²) in [6, 6.07) is 0.596. The standard InChI is InChI=1S/C23H42N2O/c1-4-5-11-20-12-13-23(16-20)17-21(18-23)22(26)25-15-10-8-6-7-9-14-24-19(2)3/h12,19,21,24H,4-11,13-18H2,1-3H3,(H,25,26). The lowest BCUT2D eigenvalue weighted by Crippen LogP contribution is -2.44. The van der Waals surface area contributed by atoms with E-state index < -0.39 is 0 Å². The Labute approximate surface area is 161 Å². The largest absolute Gasteiger partial charge is 0.356 e. The van der Waals surface area contributed by atoms with Gasteiger partial charge in [-0.3, -0.25) is 4.79 Å². The molecular formula is C23H42N2O. The summed E-state index contributed by atoms with van der Waals surface area (Å²) in [4.78, 5) is 12.3. The second-order valence-corrected chi connectivity index (χ2v) is 9.12. The molecule has 0 aromatic rings. The molecular weight excluding hydrogens is 320 g/mol. The number of rotatable bonds is 13. The van der Waals surface area contributed by atoms with E-state index in [1.165, 1.54) is 57.8 Å². The molecule has 3 heteroatoms. The first kappa shape index (κ1) is 21.5. The summed E-state index contributed by atoms with van der Waals surface area (Å²) in [6.45, 7) is 8.65. The van der Waals surface area contributed by atoms with Crippen LogP contribution in [0.15, 0.2) is 11.6 Å². The van der Waals surface area contributed by atoms with Crippen molar-refractivity contribution in [3.8, 4) is 0 Å². The summed E-state index contributed by atoms with van der Waals surface area (Å²) < 4.78 is 0. The normalized spacial score (nSPS) is 24.8. The van der Waals surface area contributed by atoms with Gasteiger partial charge in [0, 0.05) is 18.5 Å². The molecule has 0 aromatic heterocycles. The minimum Gasteiger partial charge on any atom is -0.356 e. The highest BCUT2D eigenvalue weighted by molar-refractivity contribution is 5.79. The smallest absolute Gasteiger partial charge is 0.223 e. The number of amides is 1. The summed E-state index contributed by atoms with van der Waals surface area (Å²) in [6.07, 6.45) is 17.3. The molecule has 0 aliphatic heterocycles. The van der Waals surface area contributed by atoms with Gasteiger partial charge < -0.3 is 10.6 Å². The van der Waals surface area contributed by atoms with Crippen molar-refractivity contribution < 1.29 is 4.79 Å². The number of allylic oxidation sites excluding steroid dienone is 2. The fourth-order valence-electron chi connectivity index (χ4n) is 4.59. The van der Waals surface area contributed by atoms with E-state index in [2.05, 4.69) is 37.5 Å². The molecule has 3 nitrogen and oxygen atoms in total. The van der Waals surface area contributed by atoms with Crippen molar-refractivity contribution in [2.75, 3.05) is 13.1 Å². The Hall–Kier alpha value is -0.830. The van der Waals surface area contributed by atoms with E-state index in [-0.39, 0.29) is 5.92 Å². The molecule has 0 radical (unpaired) electrons. The quantitative estimate of drug-likeness (QED) is 0.342. The molecule has 2 aliphatic carbocycles. The van der Waals surface area contributed by atoms with Gasteiger partial charge in [-0.05, 0) is 63.3 Å². The van der Waals surface area contributed by atoms with E-state index in [0.29, 0.717) is 17.4 Å². The first-order valence-electron chi connectivity index (χ1n) is 11.2. The molecule has 1 fully saturated rings. The van der Waals surface area contributed by atoms with Gasteiger partial charge in [0.05, 0.1) is 0 Å². The SMILES string of the molecule is CCCCC1=CCC2(C1)CC(C(=O)NCCCCCCCNC(C)C)C2. The first-order chi connectivity index (χ1) is 12.5. The van der Waals surface area contributed by atoms with E-state index >= 15 is 0 Å². The maximum Gasteiger partial charge on any atom is 0.223 e. The number of hydrogen-bond donors (Lipinski definition) is 2. The van der Waals surface area contributed by atoms with E-state index in [1.807, 2.05) is 0 Å². The summed E-state index contributed by atoms with van der Waals surface area (Å²) in [5, 5.41) is 6.65. The molecule has 0 heterocycles. The lowest BCUT2D eigenvalue weighted by Gasteiger charge is -2.45. The van der Waals surface area contributed by atoms with Gasteiger partial charge in [0.1, 0.15) is 0 Å². The number of hydrogen-bond acceptors (Lipinski definition) is 2. The van der Waals surface area contributed by atoms with Gasteiger partial charge in [-0.15, -0.1) is 0 Å².